The van der Waals surface area contributed by atoms with E-state index >= 15 is 0 Å². The fraction of sp³-hybridized carbons (Fsp3) is 0.273. The number of hydrogen-bond acceptors (Lipinski definition) is 4. The molecule has 4 aromatic rings. The third-order valence-electron chi connectivity index (χ3n) is 6.65. The molecule has 0 amide bonds. The summed E-state index contributed by atoms with van der Waals surface area (Å²) < 4.78 is 11.2. The Balaban J connectivity index is 1.67. The molecule has 0 aromatic heterocycles. The quantitative estimate of drug-likeness (QED) is 0.213. The second-order valence-corrected chi connectivity index (χ2v) is 9.15. The molecule has 2 N–H and O–H groups in total. The van der Waals surface area contributed by atoms with Crippen LogP contribution < -0.4 is 9.47 Å². The maximum Gasteiger partial charge on any atom is 0.119 e. The SMILES string of the molecule is OCCOc1ccc(C(c2ccc(OCCO)cc2)C(CCCc2ccccc2)c2ccccc2)cc1. The van der Waals surface area contributed by atoms with Gasteiger partial charge in [-0.2, -0.15) is 0 Å². The third-order valence-corrected chi connectivity index (χ3v) is 6.65. The zero-order valence-corrected chi connectivity index (χ0v) is 21.2. The van der Waals surface area contributed by atoms with Crippen LogP contribution in [0.2, 0.25) is 0 Å². The van der Waals surface area contributed by atoms with Crippen LogP contribution in [0.25, 0.3) is 0 Å². The van der Waals surface area contributed by atoms with Crippen LogP contribution in [0, 0.1) is 0 Å². The van der Waals surface area contributed by atoms with Crippen LogP contribution in [-0.4, -0.2) is 36.6 Å². The second-order valence-electron chi connectivity index (χ2n) is 9.15. The molecular formula is C33H36O4. The van der Waals surface area contributed by atoms with Gasteiger partial charge in [0, 0.05) is 5.92 Å². The van der Waals surface area contributed by atoms with Crippen molar-refractivity contribution >= 4 is 0 Å². The maximum atomic E-state index is 9.11. The molecule has 0 saturated heterocycles. The fourth-order valence-electron chi connectivity index (χ4n) is 4.92. The van der Waals surface area contributed by atoms with E-state index in [-0.39, 0.29) is 38.3 Å². The molecule has 0 saturated carbocycles. The number of benzene rings is 4. The molecule has 0 aliphatic heterocycles. The van der Waals surface area contributed by atoms with Crippen molar-refractivity contribution in [1.82, 2.24) is 0 Å². The molecule has 4 aromatic carbocycles. The first kappa shape index (κ1) is 26.5. The molecule has 0 fully saturated rings. The van der Waals surface area contributed by atoms with E-state index in [1.165, 1.54) is 22.3 Å². The van der Waals surface area contributed by atoms with Crippen molar-refractivity contribution in [3.05, 3.63) is 131 Å². The standard InChI is InChI=1S/C33H36O4/c34-22-24-36-30-18-14-28(15-19-30)33(29-16-20-31(21-17-29)37-25-23-35)32(27-11-5-2-6-12-27)13-7-10-26-8-3-1-4-9-26/h1-6,8-9,11-12,14-21,32-35H,7,10,13,22-25H2. The van der Waals surface area contributed by atoms with E-state index < -0.39 is 0 Å². The van der Waals surface area contributed by atoms with Crippen LogP contribution in [0.4, 0.5) is 0 Å². The summed E-state index contributed by atoms with van der Waals surface area (Å²) in [6.45, 7) is 0.549. The van der Waals surface area contributed by atoms with Crippen molar-refractivity contribution in [2.24, 2.45) is 0 Å². The Morgan fingerprint density at radius 2 is 1.03 bits per heavy atom. The van der Waals surface area contributed by atoms with E-state index in [1.807, 2.05) is 24.3 Å². The Labute approximate surface area is 220 Å². The van der Waals surface area contributed by atoms with Gasteiger partial charge in [0.1, 0.15) is 24.7 Å². The van der Waals surface area contributed by atoms with E-state index in [4.69, 9.17) is 19.7 Å². The maximum absolute atomic E-state index is 9.11. The lowest BCUT2D eigenvalue weighted by atomic mass is 9.74. The molecule has 4 nitrogen and oxygen atoms in total. The van der Waals surface area contributed by atoms with E-state index in [0.29, 0.717) is 0 Å². The molecule has 0 radical (unpaired) electrons. The van der Waals surface area contributed by atoms with Crippen molar-refractivity contribution in [1.29, 1.82) is 0 Å². The van der Waals surface area contributed by atoms with Gasteiger partial charge >= 0.3 is 0 Å². The van der Waals surface area contributed by atoms with Gasteiger partial charge in [-0.1, -0.05) is 84.9 Å². The summed E-state index contributed by atoms with van der Waals surface area (Å²) in [6.07, 6.45) is 3.16. The minimum Gasteiger partial charge on any atom is -0.491 e. The van der Waals surface area contributed by atoms with Gasteiger partial charge in [0.2, 0.25) is 0 Å². The molecule has 1 atom stereocenters. The Bertz CT molecular complexity index is 1110. The molecule has 37 heavy (non-hydrogen) atoms. The average Bonchev–Trinajstić information content (AvgIpc) is 2.96. The van der Waals surface area contributed by atoms with Crippen LogP contribution in [0.3, 0.4) is 0 Å². The van der Waals surface area contributed by atoms with E-state index in [0.717, 1.165) is 30.8 Å². The number of hydrogen-bond donors (Lipinski definition) is 2. The first-order chi connectivity index (χ1) is 18.3. The zero-order chi connectivity index (χ0) is 25.7. The van der Waals surface area contributed by atoms with Gasteiger partial charge < -0.3 is 19.7 Å². The van der Waals surface area contributed by atoms with Crippen LogP contribution >= 0.6 is 0 Å². The van der Waals surface area contributed by atoms with Gasteiger partial charge in [-0.3, -0.25) is 0 Å². The molecular weight excluding hydrogens is 460 g/mol. The summed E-state index contributed by atoms with van der Waals surface area (Å²) in [5.41, 5.74) is 5.12. The van der Waals surface area contributed by atoms with Crippen molar-refractivity contribution in [2.45, 2.75) is 31.1 Å². The van der Waals surface area contributed by atoms with Crippen LogP contribution in [-0.2, 0) is 6.42 Å². The second kappa shape index (κ2) is 14.2. The predicted octanol–water partition coefficient (Wildman–Crippen LogP) is 6.37. The molecule has 1 unspecified atom stereocenters. The Kier molecular flexibility index (Phi) is 10.2. The summed E-state index contributed by atoms with van der Waals surface area (Å²) in [4.78, 5) is 0. The highest BCUT2D eigenvalue weighted by molar-refractivity contribution is 5.42. The largest absolute Gasteiger partial charge is 0.491 e. The van der Waals surface area contributed by atoms with Crippen LogP contribution in [0.1, 0.15) is 46.9 Å². The zero-order valence-electron chi connectivity index (χ0n) is 21.2. The summed E-state index contributed by atoms with van der Waals surface area (Å²) in [7, 11) is 0. The highest BCUT2D eigenvalue weighted by Crippen LogP contribution is 2.42. The van der Waals surface area contributed by atoms with Crippen LogP contribution in [0.15, 0.2) is 109 Å². The molecule has 4 heteroatoms. The Morgan fingerprint density at radius 3 is 1.51 bits per heavy atom. The number of aryl methyl sites for hydroxylation is 1. The summed E-state index contributed by atoms with van der Waals surface area (Å²) in [5.74, 6) is 1.92. The number of rotatable bonds is 14. The monoisotopic (exact) mass is 496 g/mol. The molecule has 0 aliphatic carbocycles. The van der Waals surface area contributed by atoms with Gasteiger partial charge in [-0.05, 0) is 71.7 Å². The van der Waals surface area contributed by atoms with Crippen molar-refractivity contribution in [3.63, 3.8) is 0 Å². The molecule has 192 valence electrons. The molecule has 0 heterocycles. The predicted molar refractivity (Wildman–Crippen MR) is 148 cm³/mol. The van der Waals surface area contributed by atoms with E-state index in [9.17, 15) is 0 Å². The highest BCUT2D eigenvalue weighted by Gasteiger charge is 2.26. The van der Waals surface area contributed by atoms with Gasteiger partial charge in [0.05, 0.1) is 13.2 Å². The lowest BCUT2D eigenvalue weighted by Gasteiger charge is -2.29. The Hall–Kier alpha value is -3.60. The van der Waals surface area contributed by atoms with Crippen molar-refractivity contribution in [3.8, 4) is 11.5 Å². The van der Waals surface area contributed by atoms with Gasteiger partial charge in [-0.15, -0.1) is 0 Å². The fourth-order valence-corrected chi connectivity index (χ4v) is 4.92. The summed E-state index contributed by atoms with van der Waals surface area (Å²) >= 11 is 0. The minimum absolute atomic E-state index is 0.00737. The van der Waals surface area contributed by atoms with Crippen LogP contribution in [0.5, 0.6) is 11.5 Å². The first-order valence-electron chi connectivity index (χ1n) is 13.0. The smallest absolute Gasteiger partial charge is 0.119 e. The Morgan fingerprint density at radius 1 is 0.541 bits per heavy atom. The topological polar surface area (TPSA) is 58.9 Å². The number of aliphatic hydroxyl groups is 2. The molecule has 4 rings (SSSR count). The van der Waals surface area contributed by atoms with Gasteiger partial charge in [-0.25, -0.2) is 0 Å². The normalized spacial score (nSPS) is 11.9. The lowest BCUT2D eigenvalue weighted by Crippen LogP contribution is -2.14. The molecule has 0 aliphatic rings. The van der Waals surface area contributed by atoms with Gasteiger partial charge in [0.25, 0.3) is 0 Å². The average molecular weight is 497 g/mol. The number of ether oxygens (including phenoxy) is 2. The summed E-state index contributed by atoms with van der Waals surface area (Å²) in [5, 5.41) is 18.2. The minimum atomic E-state index is -0.00737. The third kappa shape index (κ3) is 7.69. The number of aliphatic hydroxyl groups excluding tert-OH is 2. The van der Waals surface area contributed by atoms with E-state index in [2.05, 4.69) is 84.9 Å². The first-order valence-corrected chi connectivity index (χ1v) is 13.0. The lowest BCUT2D eigenvalue weighted by molar-refractivity contribution is 0.201. The summed E-state index contributed by atoms with van der Waals surface area (Å²) in [6, 6.07) is 38.0. The highest BCUT2D eigenvalue weighted by atomic mass is 16.5. The van der Waals surface area contributed by atoms with Crippen molar-refractivity contribution < 1.29 is 19.7 Å². The van der Waals surface area contributed by atoms with Crippen molar-refractivity contribution in [2.75, 3.05) is 26.4 Å². The molecule has 0 bridgehead atoms. The van der Waals surface area contributed by atoms with Gasteiger partial charge in [0.15, 0.2) is 0 Å². The van der Waals surface area contributed by atoms with E-state index in [1.54, 1.807) is 0 Å². The molecule has 0 spiro atoms.